The summed E-state index contributed by atoms with van der Waals surface area (Å²) in [6, 6.07) is 13.8. The first kappa shape index (κ1) is 34.3. The third-order valence-electron chi connectivity index (χ3n) is 7.52. The van der Waals surface area contributed by atoms with Gasteiger partial charge in [0, 0.05) is 38.7 Å². The molecule has 236 valence electrons. The molecule has 2 aromatic carbocycles. The molecule has 2 heterocycles. The average Bonchev–Trinajstić information content (AvgIpc) is 3.38. The number of oxazole rings is 1. The number of halogens is 1. The molecule has 0 radical (unpaired) electrons. The smallest absolute Gasteiger partial charge is 0.265 e. The number of benzene rings is 2. The molecule has 0 bridgehead atoms. The Morgan fingerprint density at radius 1 is 1.05 bits per heavy atom. The van der Waals surface area contributed by atoms with Crippen molar-refractivity contribution in [2.24, 2.45) is 0 Å². The standard InChI is InChI=1S/C30H39N3O8S.ClH/c1-4-39-24-9-7-23(8-10-24)28-22(2)41-27(31-28)6-5-20-40-25-11-13-26(14-12-25)42(36,37)30(29(34)32-35)15-17-33(18-16-30)19-21-38-3;/h7-14,35H,4-6,15-21H2,1-3H3,(H,32,34);1H. The van der Waals surface area contributed by atoms with E-state index in [1.165, 1.54) is 12.1 Å². The molecule has 1 aliphatic rings. The third-order valence-corrected chi connectivity index (χ3v) is 10.0. The van der Waals surface area contributed by atoms with Gasteiger partial charge >= 0.3 is 0 Å². The van der Waals surface area contributed by atoms with E-state index in [0.29, 0.717) is 63.9 Å². The molecule has 11 nitrogen and oxygen atoms in total. The molecule has 0 spiro atoms. The van der Waals surface area contributed by atoms with Crippen LogP contribution in [0.5, 0.6) is 11.5 Å². The van der Waals surface area contributed by atoms with Crippen molar-refractivity contribution in [3.8, 4) is 22.8 Å². The van der Waals surface area contributed by atoms with Crippen LogP contribution in [-0.4, -0.2) is 80.7 Å². The van der Waals surface area contributed by atoms with Crippen molar-refractivity contribution in [1.29, 1.82) is 0 Å². The minimum absolute atomic E-state index is 0. The number of ether oxygens (including phenoxy) is 3. The predicted molar refractivity (Wildman–Crippen MR) is 163 cm³/mol. The number of rotatable bonds is 14. The number of likely N-dealkylation sites (tertiary alicyclic amines) is 1. The maximum absolute atomic E-state index is 13.7. The zero-order valence-electron chi connectivity index (χ0n) is 24.7. The Labute approximate surface area is 258 Å². The first-order chi connectivity index (χ1) is 20.2. The Morgan fingerprint density at radius 3 is 2.28 bits per heavy atom. The molecule has 1 aliphatic heterocycles. The first-order valence-corrected chi connectivity index (χ1v) is 15.5. The van der Waals surface area contributed by atoms with Crippen LogP contribution in [0, 0.1) is 6.92 Å². The molecular formula is C30H40ClN3O8S. The van der Waals surface area contributed by atoms with E-state index in [0.717, 1.165) is 22.8 Å². The fourth-order valence-electron chi connectivity index (χ4n) is 5.13. The van der Waals surface area contributed by atoms with Crippen molar-refractivity contribution in [2.45, 2.75) is 49.2 Å². The van der Waals surface area contributed by atoms with E-state index in [4.69, 9.17) is 18.6 Å². The molecule has 4 rings (SSSR count). The van der Waals surface area contributed by atoms with E-state index in [1.807, 2.05) is 43.0 Å². The van der Waals surface area contributed by atoms with Gasteiger partial charge in [0.15, 0.2) is 20.5 Å². The van der Waals surface area contributed by atoms with Crippen LogP contribution in [0.3, 0.4) is 0 Å². The van der Waals surface area contributed by atoms with Crippen molar-refractivity contribution < 1.29 is 37.0 Å². The molecule has 0 aliphatic carbocycles. The number of hydrogen-bond acceptors (Lipinski definition) is 10. The fourth-order valence-corrected chi connectivity index (χ4v) is 7.09. The van der Waals surface area contributed by atoms with Crippen molar-refractivity contribution in [3.05, 3.63) is 60.2 Å². The lowest BCUT2D eigenvalue weighted by molar-refractivity contribution is -0.133. The summed E-state index contributed by atoms with van der Waals surface area (Å²) in [6.07, 6.45) is 1.33. The zero-order chi connectivity index (χ0) is 30.2. The van der Waals surface area contributed by atoms with E-state index in [9.17, 15) is 18.4 Å². The van der Waals surface area contributed by atoms with E-state index in [2.05, 4.69) is 4.98 Å². The Balaban J connectivity index is 0.00000506. The Hall–Kier alpha value is -3.16. The van der Waals surface area contributed by atoms with Crippen molar-refractivity contribution >= 4 is 28.2 Å². The van der Waals surface area contributed by atoms with Crippen molar-refractivity contribution in [2.75, 3.05) is 46.6 Å². The highest BCUT2D eigenvalue weighted by Crippen LogP contribution is 2.36. The van der Waals surface area contributed by atoms with Gasteiger partial charge < -0.3 is 23.5 Å². The van der Waals surface area contributed by atoms with Gasteiger partial charge in [-0.2, -0.15) is 0 Å². The number of methoxy groups -OCH3 is 1. The van der Waals surface area contributed by atoms with Crippen LogP contribution in [0.15, 0.2) is 57.8 Å². The van der Waals surface area contributed by atoms with Gasteiger partial charge in [-0.25, -0.2) is 18.9 Å². The van der Waals surface area contributed by atoms with Gasteiger partial charge in [-0.3, -0.25) is 10.0 Å². The molecule has 1 amide bonds. The van der Waals surface area contributed by atoms with Crippen LogP contribution in [0.25, 0.3) is 11.3 Å². The summed E-state index contributed by atoms with van der Waals surface area (Å²) < 4.78 is 47.8. The summed E-state index contributed by atoms with van der Waals surface area (Å²) in [5, 5.41) is 9.39. The molecule has 43 heavy (non-hydrogen) atoms. The van der Waals surface area contributed by atoms with E-state index in [1.54, 1.807) is 24.7 Å². The van der Waals surface area contributed by atoms with Crippen LogP contribution in [-0.2, 0) is 25.8 Å². The van der Waals surface area contributed by atoms with Gasteiger partial charge in [-0.1, -0.05) is 0 Å². The van der Waals surface area contributed by atoms with Crippen LogP contribution < -0.4 is 15.0 Å². The normalized spacial score (nSPS) is 15.0. The highest BCUT2D eigenvalue weighted by Gasteiger charge is 2.52. The first-order valence-electron chi connectivity index (χ1n) is 14.1. The SMILES string of the molecule is CCOc1ccc(-c2nc(CCCOc3ccc(S(=O)(=O)C4(C(=O)NO)CCN(CCOC)CC4)cc3)oc2C)cc1.Cl. The maximum atomic E-state index is 13.7. The predicted octanol–water partition coefficient (Wildman–Crippen LogP) is 4.24. The molecule has 3 aromatic rings. The number of carbonyl (C=O) groups is 1. The Morgan fingerprint density at radius 2 is 1.67 bits per heavy atom. The number of nitrogens with one attached hydrogen (secondary N) is 1. The van der Waals surface area contributed by atoms with Crippen LogP contribution >= 0.6 is 12.4 Å². The molecular weight excluding hydrogens is 598 g/mol. The minimum atomic E-state index is -4.10. The summed E-state index contributed by atoms with van der Waals surface area (Å²) >= 11 is 0. The fraction of sp³-hybridized carbons (Fsp3) is 0.467. The van der Waals surface area contributed by atoms with Gasteiger partial charge in [-0.15, -0.1) is 12.4 Å². The molecule has 2 N–H and O–H groups in total. The Bertz CT molecular complexity index is 1420. The second kappa shape index (κ2) is 15.5. The topological polar surface area (TPSA) is 140 Å². The van der Waals surface area contributed by atoms with Gasteiger partial charge in [-0.05, 0) is 81.6 Å². The average molecular weight is 638 g/mol. The lowest BCUT2D eigenvalue weighted by Crippen LogP contribution is -2.57. The molecule has 1 aromatic heterocycles. The second-order valence-electron chi connectivity index (χ2n) is 10.2. The van der Waals surface area contributed by atoms with Gasteiger partial charge in [0.05, 0.1) is 24.7 Å². The third kappa shape index (κ3) is 7.87. The number of piperidine rings is 1. The highest BCUT2D eigenvalue weighted by atomic mass is 35.5. The largest absolute Gasteiger partial charge is 0.494 e. The van der Waals surface area contributed by atoms with E-state index in [-0.39, 0.29) is 30.1 Å². The number of hydrogen-bond donors (Lipinski definition) is 2. The lowest BCUT2D eigenvalue weighted by atomic mass is 9.95. The highest BCUT2D eigenvalue weighted by molar-refractivity contribution is 7.93. The molecule has 1 fully saturated rings. The number of carbonyl (C=O) groups excluding carboxylic acids is 1. The summed E-state index contributed by atoms with van der Waals surface area (Å²) in [6.45, 7) is 6.74. The second-order valence-corrected chi connectivity index (χ2v) is 12.4. The maximum Gasteiger partial charge on any atom is 0.265 e. The summed E-state index contributed by atoms with van der Waals surface area (Å²) in [4.78, 5) is 19.4. The van der Waals surface area contributed by atoms with Gasteiger partial charge in [0.25, 0.3) is 5.91 Å². The quantitative estimate of drug-likeness (QED) is 0.150. The molecule has 0 unspecified atom stereocenters. The lowest BCUT2D eigenvalue weighted by Gasteiger charge is -2.39. The van der Waals surface area contributed by atoms with Gasteiger partial charge in [0.2, 0.25) is 0 Å². The summed E-state index contributed by atoms with van der Waals surface area (Å²) in [7, 11) is -2.50. The summed E-state index contributed by atoms with van der Waals surface area (Å²) in [5.74, 6) is 1.74. The van der Waals surface area contributed by atoms with Crippen LogP contribution in [0.1, 0.15) is 37.8 Å². The zero-order valence-corrected chi connectivity index (χ0v) is 26.3. The number of hydroxylamine groups is 1. The van der Waals surface area contributed by atoms with E-state index >= 15 is 0 Å². The van der Waals surface area contributed by atoms with Gasteiger partial charge in [0.1, 0.15) is 23.0 Å². The molecule has 0 saturated carbocycles. The van der Waals surface area contributed by atoms with E-state index < -0.39 is 20.5 Å². The number of amides is 1. The minimum Gasteiger partial charge on any atom is -0.494 e. The molecule has 0 atom stereocenters. The number of aryl methyl sites for hydroxylation is 2. The monoisotopic (exact) mass is 637 g/mol. The van der Waals surface area contributed by atoms with Crippen molar-refractivity contribution in [1.82, 2.24) is 15.4 Å². The molecule has 1 saturated heterocycles. The van der Waals surface area contributed by atoms with Crippen LogP contribution in [0.4, 0.5) is 0 Å². The summed E-state index contributed by atoms with van der Waals surface area (Å²) in [5.41, 5.74) is 3.33. The number of sulfone groups is 1. The number of nitrogens with zero attached hydrogens (tertiary/aromatic N) is 2. The Kier molecular flexibility index (Phi) is 12.4. The number of aromatic nitrogens is 1. The molecule has 13 heteroatoms. The van der Waals surface area contributed by atoms with Crippen LogP contribution in [0.2, 0.25) is 0 Å². The van der Waals surface area contributed by atoms with Crippen molar-refractivity contribution in [3.63, 3.8) is 0 Å².